The first kappa shape index (κ1) is 15.9. The average Bonchev–Trinajstić information content (AvgIpc) is 2.03. The third-order valence-electron chi connectivity index (χ3n) is 1.74. The van der Waals surface area contributed by atoms with Gasteiger partial charge in [-0.05, 0) is 18.6 Å². The van der Waals surface area contributed by atoms with Crippen LogP contribution < -0.4 is 11.3 Å². The monoisotopic (exact) mass is 240 g/mol. The van der Waals surface area contributed by atoms with Gasteiger partial charge in [-0.1, -0.05) is 0 Å². The van der Waals surface area contributed by atoms with Crippen molar-refractivity contribution in [1.82, 2.24) is 4.98 Å². The number of aromatic amines is 1. The number of aromatic nitrogens is 1. The molecule has 0 amide bonds. The van der Waals surface area contributed by atoms with E-state index in [1.54, 1.807) is 13.0 Å². The Morgan fingerprint density at radius 3 is 2.50 bits per heavy atom. The Labute approximate surface area is 94.3 Å². The summed E-state index contributed by atoms with van der Waals surface area (Å²) < 4.78 is 0. The first-order valence-electron chi connectivity index (χ1n) is 3.71. The second-order valence-electron chi connectivity index (χ2n) is 2.65. The molecule has 1 heterocycles. The van der Waals surface area contributed by atoms with Crippen molar-refractivity contribution in [2.45, 2.75) is 20.1 Å². The number of halogens is 2. The highest BCUT2D eigenvalue weighted by molar-refractivity contribution is 5.85. The van der Waals surface area contributed by atoms with Crippen molar-refractivity contribution in [1.29, 1.82) is 0 Å². The van der Waals surface area contributed by atoms with E-state index in [0.717, 1.165) is 5.69 Å². The molecule has 0 spiro atoms. The van der Waals surface area contributed by atoms with Crippen LogP contribution in [0.1, 0.15) is 16.8 Å². The van der Waals surface area contributed by atoms with Crippen LogP contribution in [0.3, 0.4) is 0 Å². The number of aliphatic hydroxyl groups is 1. The highest BCUT2D eigenvalue weighted by Gasteiger charge is 2.04. The summed E-state index contributed by atoms with van der Waals surface area (Å²) in [6, 6.07) is 1.73. The zero-order chi connectivity index (χ0) is 9.14. The van der Waals surface area contributed by atoms with Crippen molar-refractivity contribution in [3.05, 3.63) is 33.2 Å². The number of nitrogens with two attached hydrogens (primary N) is 1. The Balaban J connectivity index is 0. The SMILES string of the molecule is Cc1cc(CO)c(CN)c(=O)[nH]1.Cl.Cl. The van der Waals surface area contributed by atoms with E-state index in [0.29, 0.717) is 11.1 Å². The van der Waals surface area contributed by atoms with Crippen molar-refractivity contribution in [2.24, 2.45) is 5.73 Å². The van der Waals surface area contributed by atoms with Gasteiger partial charge in [0.2, 0.25) is 0 Å². The molecule has 4 N–H and O–H groups in total. The molecule has 0 atom stereocenters. The minimum absolute atomic E-state index is 0. The third-order valence-corrected chi connectivity index (χ3v) is 1.74. The maximum absolute atomic E-state index is 11.2. The molecule has 0 saturated carbocycles. The van der Waals surface area contributed by atoms with Gasteiger partial charge in [-0.25, -0.2) is 0 Å². The summed E-state index contributed by atoms with van der Waals surface area (Å²) in [6.07, 6.45) is 0. The molecule has 0 aromatic carbocycles. The maximum atomic E-state index is 11.2. The van der Waals surface area contributed by atoms with Crippen molar-refractivity contribution >= 4 is 24.8 Å². The van der Waals surface area contributed by atoms with Crippen molar-refractivity contribution in [3.63, 3.8) is 0 Å². The smallest absolute Gasteiger partial charge is 0.252 e. The summed E-state index contributed by atoms with van der Waals surface area (Å²) in [5.41, 5.74) is 6.95. The predicted octanol–water partition coefficient (Wildman–Crippen LogP) is 0.478. The van der Waals surface area contributed by atoms with Crippen LogP contribution in [0.2, 0.25) is 0 Å². The summed E-state index contributed by atoms with van der Waals surface area (Å²) in [5.74, 6) is 0. The molecular formula is C8H14Cl2N2O2. The molecule has 1 rings (SSSR count). The molecule has 0 aliphatic rings. The lowest BCUT2D eigenvalue weighted by molar-refractivity contribution is 0.280. The van der Waals surface area contributed by atoms with Crippen LogP contribution in [-0.2, 0) is 13.2 Å². The van der Waals surface area contributed by atoms with Crippen molar-refractivity contribution in [2.75, 3.05) is 0 Å². The predicted molar refractivity (Wildman–Crippen MR) is 60.1 cm³/mol. The fourth-order valence-electron chi connectivity index (χ4n) is 1.15. The number of pyridine rings is 1. The molecule has 0 bridgehead atoms. The highest BCUT2D eigenvalue weighted by atomic mass is 35.5. The number of hydrogen-bond acceptors (Lipinski definition) is 3. The van der Waals surface area contributed by atoms with Crippen LogP contribution in [0, 0.1) is 6.92 Å². The summed E-state index contributed by atoms with van der Waals surface area (Å²) in [7, 11) is 0. The zero-order valence-corrected chi connectivity index (χ0v) is 9.37. The summed E-state index contributed by atoms with van der Waals surface area (Å²) in [6.45, 7) is 1.78. The first-order chi connectivity index (χ1) is 5.69. The van der Waals surface area contributed by atoms with Gasteiger partial charge in [-0.15, -0.1) is 24.8 Å². The maximum Gasteiger partial charge on any atom is 0.252 e. The molecule has 14 heavy (non-hydrogen) atoms. The Kier molecular flexibility index (Phi) is 7.77. The van der Waals surface area contributed by atoms with Gasteiger partial charge in [0.15, 0.2) is 0 Å². The molecular weight excluding hydrogens is 227 g/mol. The Bertz CT molecular complexity index is 339. The van der Waals surface area contributed by atoms with Crippen LogP contribution in [-0.4, -0.2) is 10.1 Å². The molecule has 0 unspecified atom stereocenters. The highest BCUT2D eigenvalue weighted by Crippen LogP contribution is 2.03. The summed E-state index contributed by atoms with van der Waals surface area (Å²) in [4.78, 5) is 13.8. The fourth-order valence-corrected chi connectivity index (χ4v) is 1.15. The van der Waals surface area contributed by atoms with E-state index in [4.69, 9.17) is 10.8 Å². The van der Waals surface area contributed by atoms with Gasteiger partial charge in [0.25, 0.3) is 5.56 Å². The van der Waals surface area contributed by atoms with Gasteiger partial charge in [0, 0.05) is 17.8 Å². The molecule has 0 radical (unpaired) electrons. The van der Waals surface area contributed by atoms with Gasteiger partial charge in [-0.2, -0.15) is 0 Å². The van der Waals surface area contributed by atoms with Crippen molar-refractivity contribution in [3.8, 4) is 0 Å². The summed E-state index contributed by atoms with van der Waals surface area (Å²) >= 11 is 0. The van der Waals surface area contributed by atoms with E-state index in [1.807, 2.05) is 0 Å². The second-order valence-corrected chi connectivity index (χ2v) is 2.65. The van der Waals surface area contributed by atoms with Gasteiger partial charge < -0.3 is 15.8 Å². The number of rotatable bonds is 2. The quantitative estimate of drug-likeness (QED) is 0.704. The lowest BCUT2D eigenvalue weighted by atomic mass is 10.1. The molecule has 82 valence electrons. The van der Waals surface area contributed by atoms with E-state index in [1.165, 1.54) is 0 Å². The number of H-pyrrole nitrogens is 1. The molecule has 0 saturated heterocycles. The molecule has 1 aromatic rings. The van der Waals surface area contributed by atoms with E-state index in [9.17, 15) is 4.79 Å². The number of nitrogens with one attached hydrogen (secondary N) is 1. The molecule has 0 aliphatic heterocycles. The van der Waals surface area contributed by atoms with E-state index >= 15 is 0 Å². The van der Waals surface area contributed by atoms with Gasteiger partial charge in [-0.3, -0.25) is 4.79 Å². The van der Waals surface area contributed by atoms with Crippen molar-refractivity contribution < 1.29 is 5.11 Å². The first-order valence-corrected chi connectivity index (χ1v) is 3.71. The van der Waals surface area contributed by atoms with Crippen LogP contribution >= 0.6 is 24.8 Å². The summed E-state index contributed by atoms with van der Waals surface area (Å²) in [5, 5.41) is 8.89. The minimum Gasteiger partial charge on any atom is -0.392 e. The van der Waals surface area contributed by atoms with E-state index < -0.39 is 0 Å². The number of aryl methyl sites for hydroxylation is 1. The van der Waals surface area contributed by atoms with Gasteiger partial charge in [0.05, 0.1) is 6.61 Å². The Morgan fingerprint density at radius 1 is 1.50 bits per heavy atom. The van der Waals surface area contributed by atoms with Crippen LogP contribution in [0.5, 0.6) is 0 Å². The fraction of sp³-hybridized carbons (Fsp3) is 0.375. The molecule has 4 nitrogen and oxygen atoms in total. The van der Waals surface area contributed by atoms with Gasteiger partial charge in [0.1, 0.15) is 0 Å². The van der Waals surface area contributed by atoms with Crippen LogP contribution in [0.4, 0.5) is 0 Å². The topological polar surface area (TPSA) is 79.1 Å². The molecule has 0 aliphatic carbocycles. The normalized spacial score (nSPS) is 8.79. The third kappa shape index (κ3) is 3.31. The molecule has 6 heteroatoms. The molecule has 0 fully saturated rings. The largest absolute Gasteiger partial charge is 0.392 e. The lowest BCUT2D eigenvalue weighted by Crippen LogP contribution is -2.19. The lowest BCUT2D eigenvalue weighted by Gasteiger charge is -2.04. The number of hydrogen-bond donors (Lipinski definition) is 3. The Hall–Kier alpha value is -0.550. The van der Waals surface area contributed by atoms with Crippen LogP contribution in [0.25, 0.3) is 0 Å². The van der Waals surface area contributed by atoms with Crippen LogP contribution in [0.15, 0.2) is 10.9 Å². The van der Waals surface area contributed by atoms with Gasteiger partial charge >= 0.3 is 0 Å². The van der Waals surface area contributed by atoms with E-state index in [2.05, 4.69) is 4.98 Å². The van der Waals surface area contributed by atoms with E-state index in [-0.39, 0.29) is 43.5 Å². The minimum atomic E-state index is -0.207. The standard InChI is InChI=1S/C8H12N2O2.2ClH/c1-5-2-6(4-11)7(3-9)8(12)10-5;;/h2,11H,3-4,9H2,1H3,(H,10,12);2*1H. The average molecular weight is 241 g/mol. The zero-order valence-electron chi connectivity index (χ0n) is 7.74. The second kappa shape index (κ2) is 6.84. The number of aliphatic hydroxyl groups excluding tert-OH is 1. The molecule has 1 aromatic heterocycles. The Morgan fingerprint density at radius 2 is 2.07 bits per heavy atom.